The largest absolute Gasteiger partial charge is 0.427 e. The van der Waals surface area contributed by atoms with Gasteiger partial charge in [0.15, 0.2) is 15.9 Å². The number of esters is 1. The fourth-order valence-electron chi connectivity index (χ4n) is 7.62. The van der Waals surface area contributed by atoms with E-state index < -0.39 is 69.0 Å². The highest BCUT2D eigenvalue weighted by atomic mass is 32.2. The Balaban J connectivity index is 0.000000244. The molecule has 0 fully saturated rings. The number of benzene rings is 7. The van der Waals surface area contributed by atoms with Crippen molar-refractivity contribution >= 4 is 49.7 Å². The molecule has 0 aliphatic rings. The summed E-state index contributed by atoms with van der Waals surface area (Å²) in [5.74, 6) is 2.32. The van der Waals surface area contributed by atoms with Crippen LogP contribution in [0.15, 0.2) is 187 Å². The van der Waals surface area contributed by atoms with E-state index in [1.807, 2.05) is 36.4 Å². The molecule has 0 bridgehead atoms. The quantitative estimate of drug-likeness (QED) is 0.0275. The van der Waals surface area contributed by atoms with E-state index in [1.54, 1.807) is 36.4 Å². The minimum Gasteiger partial charge on any atom is -0.427 e. The summed E-state index contributed by atoms with van der Waals surface area (Å²) in [4.78, 5) is 24.4. The number of hydrogen-bond acceptors (Lipinski definition) is 4. The molecule has 70 heavy (non-hydrogen) atoms. The molecule has 0 saturated carbocycles. The first-order valence-corrected chi connectivity index (χ1v) is 22.4. The molecule has 7 aromatic carbocycles. The van der Waals surface area contributed by atoms with Gasteiger partial charge < -0.3 is 4.74 Å². The fourth-order valence-corrected chi connectivity index (χ4v) is 9.39. The second-order valence-corrected chi connectivity index (χ2v) is 17.9. The van der Waals surface area contributed by atoms with Crippen molar-refractivity contribution in [2.24, 2.45) is 0 Å². The van der Waals surface area contributed by atoms with Crippen molar-refractivity contribution in [1.29, 1.82) is 0 Å². The molecule has 0 N–H and O–H groups in total. The zero-order valence-corrected chi connectivity index (χ0v) is 37.0. The van der Waals surface area contributed by atoms with Crippen molar-refractivity contribution in [1.82, 2.24) is 0 Å². The zero-order valence-electron chi connectivity index (χ0n) is 36.2. The summed E-state index contributed by atoms with van der Waals surface area (Å²) in [5.41, 5.74) is -3.18. The van der Waals surface area contributed by atoms with E-state index in [0.29, 0.717) is 64.7 Å². The molecule has 0 heterocycles. The summed E-state index contributed by atoms with van der Waals surface area (Å²) in [5, 5.41) is 2.85. The molecule has 4 nitrogen and oxygen atoms in total. The number of Topliss-reactive ketones (excluding diaryl/α,β-unsaturated/α-hetero) is 1. The average Bonchev–Trinajstić information content (AvgIpc) is 3.31. The van der Waals surface area contributed by atoms with Gasteiger partial charge in [0.05, 0.1) is 22.3 Å². The third-order valence-corrected chi connectivity index (χ3v) is 13.1. The van der Waals surface area contributed by atoms with E-state index in [-0.39, 0.29) is 33.4 Å². The van der Waals surface area contributed by atoms with E-state index in [4.69, 9.17) is 4.74 Å². The summed E-state index contributed by atoms with van der Waals surface area (Å²) in [6, 6.07) is 37.8. The Morgan fingerprint density at radius 3 is 1.11 bits per heavy atom. The average molecular weight is 995 g/mol. The van der Waals surface area contributed by atoms with Crippen LogP contribution in [0, 0.1) is 11.2 Å². The lowest BCUT2D eigenvalue weighted by Gasteiger charge is -2.44. The molecule has 0 radical (unpaired) electrons. The van der Waals surface area contributed by atoms with Crippen molar-refractivity contribution in [2.45, 2.75) is 36.5 Å². The Morgan fingerprint density at radius 2 is 0.800 bits per heavy atom. The van der Waals surface area contributed by atoms with Crippen molar-refractivity contribution in [2.75, 3.05) is 5.75 Å². The van der Waals surface area contributed by atoms with Crippen LogP contribution < -0.4 is 26.6 Å². The molecule has 0 aliphatic carbocycles. The third-order valence-electron chi connectivity index (χ3n) is 11.0. The van der Waals surface area contributed by atoms with Gasteiger partial charge in [-0.05, 0) is 54.5 Å². The minimum atomic E-state index is -4.77. The maximum atomic E-state index is 13.7. The van der Waals surface area contributed by atoms with Crippen molar-refractivity contribution in [3.8, 4) is 16.9 Å². The van der Waals surface area contributed by atoms with E-state index in [9.17, 15) is 66.5 Å². The normalized spacial score (nSPS) is 12.9. The fraction of sp³-hybridized carbons (Fsp3) is 0.115. The molecular formula is C52H35BF12O4S. The Labute approximate surface area is 394 Å². The first kappa shape index (κ1) is 52.0. The minimum absolute atomic E-state index is 0.0114. The summed E-state index contributed by atoms with van der Waals surface area (Å²) in [6.07, 6.45) is -22.0. The first-order chi connectivity index (χ1) is 32.8. The molecular weight excluding hydrogens is 959 g/mol. The third kappa shape index (κ3) is 12.4. The van der Waals surface area contributed by atoms with Crippen LogP contribution in [0.3, 0.4) is 0 Å². The zero-order chi connectivity index (χ0) is 51.1. The Bertz CT molecular complexity index is 2780. The molecule has 0 amide bonds. The number of ketones is 1. The lowest BCUT2D eigenvalue weighted by Crippen LogP contribution is -2.74. The maximum Gasteiger partial charge on any atom is 0.416 e. The number of hydrogen-bond donors (Lipinski definition) is 0. The van der Waals surface area contributed by atoms with Gasteiger partial charge in [0.1, 0.15) is 11.9 Å². The van der Waals surface area contributed by atoms with Crippen LogP contribution in [-0.4, -0.2) is 23.7 Å². The molecule has 0 spiro atoms. The predicted octanol–water partition coefficient (Wildman–Crippen LogP) is 11.5. The molecule has 1 atom stereocenters. The SMILES string of the molecule is CC(=O)Oc1ccc(C(=O)C[S+](=O)(C#Cc2ccccc2)c2ccccc2)cc1.FC(F)(F)c1ccc([B-](c2ccc(C(F)(F)F)cc2)(c2ccc(C(F)(F)F)cc2)c2ccc(C(F)(F)F)cc2)cc1. The van der Waals surface area contributed by atoms with Crippen LogP contribution in [0.25, 0.3) is 0 Å². The molecule has 7 aromatic rings. The molecule has 360 valence electrons. The maximum absolute atomic E-state index is 13.7. The standard InChI is InChI=1S/C28H16BF12.C24H19O4S/c30-25(31,32)17-1-9-21(10-2-17)29(22-11-3-18(4-12-22)26(33,34)35,23-13-5-19(6-14-23)27(36,37)38)24-15-7-20(8-16-24)28(39,40)41;1-19(25)28-22-14-12-21(13-15-22)24(26)18-29(27,23-10-6-3-7-11-23)17-16-20-8-4-2-5-9-20/h1-16H;2-15H,18H2,1H3/q-1;+1. The predicted molar refractivity (Wildman–Crippen MR) is 243 cm³/mol. The van der Waals surface area contributed by atoms with Crippen LogP contribution in [0.4, 0.5) is 52.7 Å². The van der Waals surface area contributed by atoms with Crippen molar-refractivity contribution < 1.29 is 71.2 Å². The van der Waals surface area contributed by atoms with Crippen LogP contribution in [0.5, 0.6) is 5.75 Å². The molecule has 0 aromatic heterocycles. The molecule has 1 unspecified atom stereocenters. The number of carbonyl (C=O) groups is 2. The lowest BCUT2D eigenvalue weighted by molar-refractivity contribution is -0.138. The number of alkyl halides is 12. The number of ether oxygens (including phenoxy) is 1. The van der Waals surface area contributed by atoms with Gasteiger partial charge >= 0.3 is 30.7 Å². The Hall–Kier alpha value is -7.39. The summed E-state index contributed by atoms with van der Waals surface area (Å²) in [7, 11) is -2.94. The number of rotatable bonds is 9. The highest BCUT2D eigenvalue weighted by Crippen LogP contribution is 2.33. The van der Waals surface area contributed by atoms with Crippen LogP contribution in [0.1, 0.15) is 45.1 Å². The van der Waals surface area contributed by atoms with Gasteiger partial charge in [0, 0.05) is 18.1 Å². The molecule has 0 aliphatic heterocycles. The van der Waals surface area contributed by atoms with Gasteiger partial charge in [-0.3, -0.25) is 9.59 Å². The monoisotopic (exact) mass is 994 g/mol. The van der Waals surface area contributed by atoms with Crippen LogP contribution >= 0.6 is 0 Å². The van der Waals surface area contributed by atoms with E-state index in [1.165, 1.54) is 19.1 Å². The second kappa shape index (κ2) is 20.7. The van der Waals surface area contributed by atoms with E-state index in [0.717, 1.165) is 54.1 Å². The van der Waals surface area contributed by atoms with Crippen molar-refractivity contribution in [3.63, 3.8) is 0 Å². The highest BCUT2D eigenvalue weighted by Gasteiger charge is 2.39. The van der Waals surface area contributed by atoms with Gasteiger partial charge in [-0.2, -0.15) is 74.5 Å². The Morgan fingerprint density at radius 1 is 0.471 bits per heavy atom. The van der Waals surface area contributed by atoms with Gasteiger partial charge in [-0.25, -0.2) is 0 Å². The van der Waals surface area contributed by atoms with E-state index in [2.05, 4.69) is 11.2 Å². The first-order valence-electron chi connectivity index (χ1n) is 20.6. The smallest absolute Gasteiger partial charge is 0.416 e. The van der Waals surface area contributed by atoms with Crippen LogP contribution in [0.2, 0.25) is 0 Å². The van der Waals surface area contributed by atoms with Crippen molar-refractivity contribution in [3.05, 3.63) is 215 Å². The summed E-state index contributed by atoms with van der Waals surface area (Å²) in [6.45, 7) is 1.31. The highest BCUT2D eigenvalue weighted by molar-refractivity contribution is 8.07. The molecule has 7 rings (SSSR count). The van der Waals surface area contributed by atoms with Gasteiger partial charge in [-0.15, -0.1) is 0 Å². The molecule has 0 saturated heterocycles. The molecule has 18 heteroatoms. The summed E-state index contributed by atoms with van der Waals surface area (Å²) >= 11 is 0. The van der Waals surface area contributed by atoms with E-state index >= 15 is 0 Å². The summed E-state index contributed by atoms with van der Waals surface area (Å²) < 4.78 is 179. The lowest BCUT2D eigenvalue weighted by atomic mass is 9.13. The topological polar surface area (TPSA) is 60.4 Å². The van der Waals surface area contributed by atoms with Gasteiger partial charge in [0.25, 0.3) is 0 Å². The van der Waals surface area contributed by atoms with Crippen LogP contribution in [-0.2, 0) is 43.6 Å². The second-order valence-electron chi connectivity index (χ2n) is 15.6. The van der Waals surface area contributed by atoms with Gasteiger partial charge in [-0.1, -0.05) is 138 Å². The Kier molecular flexibility index (Phi) is 15.4. The van der Waals surface area contributed by atoms with Gasteiger partial charge in [0.2, 0.25) is 15.7 Å². The number of halogens is 12. The number of carbonyl (C=O) groups excluding carboxylic acids is 2.